The summed E-state index contributed by atoms with van der Waals surface area (Å²) >= 11 is 0. The number of nitrogens with zero attached hydrogens (tertiary/aromatic N) is 2. The monoisotopic (exact) mass is 412 g/mol. The van der Waals surface area contributed by atoms with E-state index in [2.05, 4.69) is 57.9 Å². The van der Waals surface area contributed by atoms with Gasteiger partial charge in [-0.05, 0) is 70.4 Å². The Kier molecular flexibility index (Phi) is 25.7. The molecule has 0 aromatic carbocycles. The summed E-state index contributed by atoms with van der Waals surface area (Å²) in [5, 5.41) is 0. The van der Waals surface area contributed by atoms with Gasteiger partial charge in [0.25, 0.3) is 0 Å². The first-order chi connectivity index (χ1) is 13.9. The van der Waals surface area contributed by atoms with Crippen LogP contribution in [0.1, 0.15) is 109 Å². The molecule has 2 heteroatoms. The second-order valence-corrected chi connectivity index (χ2v) is 8.02. The van der Waals surface area contributed by atoms with E-state index in [9.17, 15) is 0 Å². The minimum atomic E-state index is 0.556. The molecule has 29 heavy (non-hydrogen) atoms. The summed E-state index contributed by atoms with van der Waals surface area (Å²) in [5.41, 5.74) is 0. The molecule has 0 heterocycles. The van der Waals surface area contributed by atoms with Crippen LogP contribution in [-0.2, 0) is 0 Å². The highest BCUT2D eigenvalue weighted by Crippen LogP contribution is 2.31. The molecular weight excluding hydrogens is 352 g/mol. The Hall–Kier alpha value is -0.340. The largest absolute Gasteiger partial charge is 0.300 e. The van der Waals surface area contributed by atoms with Crippen LogP contribution in [-0.4, -0.2) is 48.1 Å². The molecule has 2 rings (SSSR count). The molecule has 0 radical (unpaired) electrons. The fourth-order valence-electron chi connectivity index (χ4n) is 3.00. The summed E-state index contributed by atoms with van der Waals surface area (Å²) in [5.74, 6) is 2.83. The summed E-state index contributed by atoms with van der Waals surface area (Å²) < 4.78 is 0. The number of likely N-dealkylation sites (N-methyl/N-ethyl adjacent to an activating group) is 1. The van der Waals surface area contributed by atoms with Gasteiger partial charge in [-0.3, -0.25) is 4.90 Å². The molecule has 2 saturated carbocycles. The summed E-state index contributed by atoms with van der Waals surface area (Å²) in [6.45, 7) is 34.5. The van der Waals surface area contributed by atoms with Crippen LogP contribution in [0.4, 0.5) is 0 Å². The normalized spacial score (nSPS) is 16.8. The lowest BCUT2D eigenvalue weighted by Gasteiger charge is -2.30. The number of hydrogen-bond acceptors (Lipinski definition) is 2. The lowest BCUT2D eigenvalue weighted by molar-refractivity contribution is 0.170. The maximum absolute atomic E-state index is 3.82. The predicted octanol–water partition coefficient (Wildman–Crippen LogP) is 8.13. The second kappa shape index (κ2) is 22.3. The molecule has 0 aromatic rings. The van der Waals surface area contributed by atoms with Crippen LogP contribution in [0.15, 0.2) is 12.7 Å². The molecule has 0 amide bonds. The summed E-state index contributed by atoms with van der Waals surface area (Å²) in [7, 11) is 0. The van der Waals surface area contributed by atoms with E-state index in [1.807, 2.05) is 47.6 Å². The predicted molar refractivity (Wildman–Crippen MR) is 138 cm³/mol. The lowest BCUT2D eigenvalue weighted by Crippen LogP contribution is -2.37. The number of rotatable bonds is 10. The van der Waals surface area contributed by atoms with E-state index in [0.717, 1.165) is 30.3 Å². The maximum atomic E-state index is 3.82. The van der Waals surface area contributed by atoms with Crippen molar-refractivity contribution in [1.82, 2.24) is 9.80 Å². The standard InChI is InChI=1S/C11H23N.C10H19N.3C2H6/c1-5-12(8-11-6-7-11)10(4)9(2)3;1-4-9(3)11(5-2)8-10-6-7-10;3*1-2/h9-11H,5-8H2,1-4H3;4,9-10H,1,5-8H2,2-3H3;3*1-2H3. The molecule has 0 N–H and O–H groups in total. The Balaban J connectivity index is -0.000000371. The quantitative estimate of drug-likeness (QED) is 0.334. The Bertz CT molecular complexity index is 318. The Labute approximate surface area is 187 Å². The average Bonchev–Trinajstić information content (AvgIpc) is 3.70. The van der Waals surface area contributed by atoms with E-state index in [-0.39, 0.29) is 0 Å². The molecule has 0 saturated heterocycles. The Morgan fingerprint density at radius 2 is 1.07 bits per heavy atom. The first-order valence-corrected chi connectivity index (χ1v) is 13.0. The zero-order valence-electron chi connectivity index (χ0n) is 22.7. The maximum Gasteiger partial charge on any atom is 0.0247 e. The molecule has 0 spiro atoms. The van der Waals surface area contributed by atoms with Gasteiger partial charge in [-0.1, -0.05) is 75.3 Å². The van der Waals surface area contributed by atoms with E-state index in [1.54, 1.807) is 0 Å². The highest BCUT2D eigenvalue weighted by molar-refractivity contribution is 4.87. The minimum absolute atomic E-state index is 0.556. The zero-order chi connectivity index (χ0) is 23.4. The van der Waals surface area contributed by atoms with Crippen LogP contribution >= 0.6 is 0 Å². The van der Waals surface area contributed by atoms with Crippen LogP contribution in [0.5, 0.6) is 0 Å². The SMILES string of the molecule is C=CC(C)N(CC)CC1CC1.CC.CC.CC.CCN(CC1CC1)C(C)C(C)C. The van der Waals surface area contributed by atoms with Gasteiger partial charge in [0.1, 0.15) is 0 Å². The van der Waals surface area contributed by atoms with Gasteiger partial charge >= 0.3 is 0 Å². The van der Waals surface area contributed by atoms with Crippen LogP contribution in [0.2, 0.25) is 0 Å². The van der Waals surface area contributed by atoms with Crippen LogP contribution in [0.25, 0.3) is 0 Å². The van der Waals surface area contributed by atoms with Gasteiger partial charge in [-0.2, -0.15) is 0 Å². The molecule has 178 valence electrons. The Morgan fingerprint density at radius 3 is 1.31 bits per heavy atom. The van der Waals surface area contributed by atoms with Crippen molar-refractivity contribution >= 4 is 0 Å². The molecule has 0 aliphatic heterocycles. The molecule has 2 atom stereocenters. The van der Waals surface area contributed by atoms with Crippen molar-refractivity contribution in [2.75, 3.05) is 26.2 Å². The molecule has 2 aliphatic rings. The summed E-state index contributed by atoms with van der Waals surface area (Å²) in [4.78, 5) is 5.12. The third kappa shape index (κ3) is 18.2. The van der Waals surface area contributed by atoms with Crippen molar-refractivity contribution in [2.24, 2.45) is 17.8 Å². The second-order valence-electron chi connectivity index (χ2n) is 8.02. The molecular formula is C27H60N2. The third-order valence-electron chi connectivity index (χ3n) is 5.65. The lowest BCUT2D eigenvalue weighted by atomic mass is 10.0. The average molecular weight is 413 g/mol. The fraction of sp³-hybridized carbons (Fsp3) is 0.926. The van der Waals surface area contributed by atoms with Gasteiger partial charge in [-0.15, -0.1) is 6.58 Å². The summed E-state index contributed by atoms with van der Waals surface area (Å²) in [6.07, 6.45) is 7.87. The topological polar surface area (TPSA) is 6.48 Å². The smallest absolute Gasteiger partial charge is 0.0247 e. The van der Waals surface area contributed by atoms with Gasteiger partial charge in [0.05, 0.1) is 0 Å². The number of hydrogen-bond donors (Lipinski definition) is 0. The van der Waals surface area contributed by atoms with Crippen molar-refractivity contribution in [3.05, 3.63) is 12.7 Å². The van der Waals surface area contributed by atoms with Crippen molar-refractivity contribution < 1.29 is 0 Å². The first kappa shape index (κ1) is 33.3. The van der Waals surface area contributed by atoms with Crippen LogP contribution < -0.4 is 0 Å². The molecule has 0 bridgehead atoms. The van der Waals surface area contributed by atoms with E-state index < -0.39 is 0 Å². The van der Waals surface area contributed by atoms with Crippen molar-refractivity contribution in [1.29, 1.82) is 0 Å². The van der Waals surface area contributed by atoms with Gasteiger partial charge in [0.15, 0.2) is 0 Å². The minimum Gasteiger partial charge on any atom is -0.300 e. The molecule has 2 fully saturated rings. The Morgan fingerprint density at radius 1 is 0.724 bits per heavy atom. The van der Waals surface area contributed by atoms with Crippen molar-refractivity contribution in [3.63, 3.8) is 0 Å². The zero-order valence-corrected chi connectivity index (χ0v) is 22.7. The molecule has 2 nitrogen and oxygen atoms in total. The van der Waals surface area contributed by atoms with E-state index >= 15 is 0 Å². The van der Waals surface area contributed by atoms with Gasteiger partial charge in [0.2, 0.25) is 0 Å². The fourth-order valence-corrected chi connectivity index (χ4v) is 3.00. The highest BCUT2D eigenvalue weighted by Gasteiger charge is 2.26. The van der Waals surface area contributed by atoms with Crippen molar-refractivity contribution in [2.45, 2.75) is 121 Å². The highest BCUT2D eigenvalue weighted by atomic mass is 15.2. The van der Waals surface area contributed by atoms with E-state index in [4.69, 9.17) is 0 Å². The van der Waals surface area contributed by atoms with Gasteiger partial charge < -0.3 is 4.90 Å². The van der Waals surface area contributed by atoms with Crippen LogP contribution in [0, 0.1) is 17.8 Å². The molecule has 2 unspecified atom stereocenters. The van der Waals surface area contributed by atoms with E-state index in [1.165, 1.54) is 45.3 Å². The van der Waals surface area contributed by atoms with Crippen molar-refractivity contribution in [3.8, 4) is 0 Å². The third-order valence-corrected chi connectivity index (χ3v) is 5.65. The van der Waals surface area contributed by atoms with Gasteiger partial charge in [-0.25, -0.2) is 0 Å². The first-order valence-electron chi connectivity index (χ1n) is 13.0. The molecule has 2 aliphatic carbocycles. The molecule has 0 aromatic heterocycles. The summed E-state index contributed by atoms with van der Waals surface area (Å²) in [6, 6.07) is 1.32. The van der Waals surface area contributed by atoms with Gasteiger partial charge in [0, 0.05) is 25.2 Å². The van der Waals surface area contributed by atoms with Crippen LogP contribution in [0.3, 0.4) is 0 Å². The van der Waals surface area contributed by atoms with E-state index in [0.29, 0.717) is 6.04 Å².